The Morgan fingerprint density at radius 3 is 2.22 bits per heavy atom. The van der Waals surface area contributed by atoms with E-state index < -0.39 is 0 Å². The Bertz CT molecular complexity index is 379. The highest BCUT2D eigenvalue weighted by molar-refractivity contribution is 5.82. The number of carbonyl (C=O) groups excluding carboxylic acids is 2. The third-order valence-corrected chi connectivity index (χ3v) is 3.15. The van der Waals surface area contributed by atoms with Crippen LogP contribution in [0.5, 0.6) is 0 Å². The molecule has 0 atom stereocenters. The van der Waals surface area contributed by atoms with Gasteiger partial charge in [0.1, 0.15) is 0 Å². The van der Waals surface area contributed by atoms with Gasteiger partial charge in [0.25, 0.3) is 0 Å². The van der Waals surface area contributed by atoms with Crippen LogP contribution in [-0.4, -0.2) is 61.4 Å². The molecule has 23 heavy (non-hydrogen) atoms. The fourth-order valence-corrected chi connectivity index (χ4v) is 2.03. The third-order valence-electron chi connectivity index (χ3n) is 3.15. The topological polar surface area (TPSA) is 85.8 Å². The Labute approximate surface area is 140 Å². The van der Waals surface area contributed by atoms with E-state index in [1.165, 1.54) is 0 Å². The van der Waals surface area contributed by atoms with Crippen LogP contribution in [0.1, 0.15) is 47.5 Å². The van der Waals surface area contributed by atoms with Crippen molar-refractivity contribution in [1.82, 2.24) is 20.9 Å². The van der Waals surface area contributed by atoms with E-state index in [4.69, 9.17) is 0 Å². The molecule has 0 aliphatic rings. The molecule has 0 bridgehead atoms. The van der Waals surface area contributed by atoms with Gasteiger partial charge < -0.3 is 20.9 Å². The zero-order chi connectivity index (χ0) is 17.7. The van der Waals surface area contributed by atoms with Crippen LogP contribution in [0.15, 0.2) is 4.99 Å². The van der Waals surface area contributed by atoms with Crippen LogP contribution in [-0.2, 0) is 9.59 Å². The summed E-state index contributed by atoms with van der Waals surface area (Å²) < 4.78 is 0. The first-order valence-corrected chi connectivity index (χ1v) is 8.53. The first kappa shape index (κ1) is 21.2. The summed E-state index contributed by atoms with van der Waals surface area (Å²) in [6, 6.07) is 0.149. The summed E-state index contributed by atoms with van der Waals surface area (Å²) in [7, 11) is 0. The smallest absolute Gasteiger partial charge is 0.224 e. The van der Waals surface area contributed by atoms with Gasteiger partial charge in [-0.2, -0.15) is 0 Å². The first-order valence-electron chi connectivity index (χ1n) is 8.53. The highest BCUT2D eigenvalue weighted by Crippen LogP contribution is 1.94. The van der Waals surface area contributed by atoms with Gasteiger partial charge in [-0.3, -0.25) is 14.6 Å². The largest absolute Gasteiger partial charge is 0.357 e. The third kappa shape index (κ3) is 10.5. The summed E-state index contributed by atoms with van der Waals surface area (Å²) in [5.41, 5.74) is 0. The normalized spacial score (nSPS) is 11.3. The average molecular weight is 327 g/mol. The van der Waals surface area contributed by atoms with Gasteiger partial charge in [-0.25, -0.2) is 0 Å². The number of aliphatic imine (C=N–C) groups is 1. The molecular weight excluding hydrogens is 294 g/mol. The quantitative estimate of drug-likeness (QED) is 0.407. The zero-order valence-corrected chi connectivity index (χ0v) is 15.2. The summed E-state index contributed by atoms with van der Waals surface area (Å²) >= 11 is 0. The number of rotatable bonds is 10. The van der Waals surface area contributed by atoms with Gasteiger partial charge in [-0.1, -0.05) is 0 Å². The van der Waals surface area contributed by atoms with Crippen molar-refractivity contribution in [2.24, 2.45) is 4.99 Å². The zero-order valence-electron chi connectivity index (χ0n) is 15.2. The van der Waals surface area contributed by atoms with Crippen molar-refractivity contribution >= 4 is 17.8 Å². The fourth-order valence-electron chi connectivity index (χ4n) is 2.03. The Kier molecular flexibility index (Phi) is 11.7. The number of guanidine groups is 1. The van der Waals surface area contributed by atoms with E-state index in [9.17, 15) is 9.59 Å². The molecule has 0 heterocycles. The van der Waals surface area contributed by atoms with Gasteiger partial charge in [-0.05, 0) is 34.6 Å². The lowest BCUT2D eigenvalue weighted by Crippen LogP contribution is -2.40. The van der Waals surface area contributed by atoms with E-state index in [-0.39, 0.29) is 17.9 Å². The van der Waals surface area contributed by atoms with Crippen LogP contribution >= 0.6 is 0 Å². The average Bonchev–Trinajstić information content (AvgIpc) is 2.47. The van der Waals surface area contributed by atoms with E-state index >= 15 is 0 Å². The lowest BCUT2D eigenvalue weighted by Gasteiger charge is -2.18. The minimum Gasteiger partial charge on any atom is -0.357 e. The maximum absolute atomic E-state index is 11.9. The lowest BCUT2D eigenvalue weighted by molar-refractivity contribution is -0.130. The molecule has 0 rings (SSSR count). The molecule has 3 N–H and O–H groups in total. The van der Waals surface area contributed by atoms with Crippen LogP contribution in [0.4, 0.5) is 0 Å². The van der Waals surface area contributed by atoms with Crippen LogP contribution < -0.4 is 16.0 Å². The minimum atomic E-state index is 0.0139. The maximum atomic E-state index is 11.9. The molecule has 0 unspecified atom stereocenters. The molecule has 0 saturated carbocycles. The molecular formula is C16H33N5O2. The highest BCUT2D eigenvalue weighted by atomic mass is 16.2. The van der Waals surface area contributed by atoms with Crippen LogP contribution in [0, 0.1) is 0 Å². The van der Waals surface area contributed by atoms with Gasteiger partial charge in [0.05, 0.1) is 6.54 Å². The lowest BCUT2D eigenvalue weighted by atomic mass is 10.3. The molecule has 0 spiro atoms. The number of hydrogen-bond acceptors (Lipinski definition) is 3. The number of carbonyl (C=O) groups is 2. The summed E-state index contributed by atoms with van der Waals surface area (Å²) in [5, 5.41) is 9.06. The number of amides is 2. The molecule has 2 amide bonds. The number of hydrogen-bond donors (Lipinski definition) is 3. The number of nitrogens with zero attached hydrogens (tertiary/aromatic N) is 2. The van der Waals surface area contributed by atoms with Crippen molar-refractivity contribution < 1.29 is 9.59 Å². The van der Waals surface area contributed by atoms with Crippen molar-refractivity contribution in [3.05, 3.63) is 0 Å². The summed E-state index contributed by atoms with van der Waals surface area (Å²) in [5.74, 6) is 0.767. The minimum absolute atomic E-state index is 0.0139. The Morgan fingerprint density at radius 1 is 1.04 bits per heavy atom. The van der Waals surface area contributed by atoms with Gasteiger partial charge in [-0.15, -0.1) is 0 Å². The molecule has 0 aromatic carbocycles. The Hall–Kier alpha value is -1.79. The Balaban J connectivity index is 4.23. The standard InChI is InChI=1S/C16H33N5O2/c1-6-17-16(18-11-9-14(22)20-13(4)5)19-12-10-15(23)21(7-2)8-3/h13H,6-12H2,1-5H3,(H,20,22)(H2,17,18,19). The summed E-state index contributed by atoms with van der Waals surface area (Å²) in [4.78, 5) is 29.7. The fraction of sp³-hybridized carbons (Fsp3) is 0.812. The molecule has 0 fully saturated rings. The molecule has 0 aliphatic heterocycles. The predicted molar refractivity (Wildman–Crippen MR) is 94.4 cm³/mol. The Morgan fingerprint density at radius 2 is 1.70 bits per heavy atom. The molecule has 0 saturated heterocycles. The molecule has 134 valence electrons. The molecule has 0 aromatic heterocycles. The second kappa shape index (κ2) is 12.7. The monoisotopic (exact) mass is 327 g/mol. The van der Waals surface area contributed by atoms with E-state index in [0.29, 0.717) is 31.9 Å². The van der Waals surface area contributed by atoms with E-state index in [1.807, 2.05) is 34.6 Å². The van der Waals surface area contributed by atoms with E-state index in [0.717, 1.165) is 19.6 Å². The SMILES string of the molecule is CCNC(=NCCC(=O)N(CC)CC)NCCC(=O)NC(C)C. The van der Waals surface area contributed by atoms with Crippen LogP contribution in [0.3, 0.4) is 0 Å². The van der Waals surface area contributed by atoms with E-state index in [1.54, 1.807) is 4.90 Å². The van der Waals surface area contributed by atoms with Crippen molar-refractivity contribution in [3.63, 3.8) is 0 Å². The van der Waals surface area contributed by atoms with Crippen LogP contribution in [0.25, 0.3) is 0 Å². The second-order valence-corrected chi connectivity index (χ2v) is 5.48. The molecule has 7 heteroatoms. The van der Waals surface area contributed by atoms with Gasteiger partial charge in [0, 0.05) is 45.1 Å². The maximum Gasteiger partial charge on any atom is 0.224 e. The molecule has 7 nitrogen and oxygen atoms in total. The van der Waals surface area contributed by atoms with Crippen molar-refractivity contribution in [2.45, 2.75) is 53.5 Å². The van der Waals surface area contributed by atoms with Crippen molar-refractivity contribution in [3.8, 4) is 0 Å². The first-order chi connectivity index (χ1) is 10.9. The van der Waals surface area contributed by atoms with Gasteiger partial charge >= 0.3 is 0 Å². The number of nitrogens with one attached hydrogen (secondary N) is 3. The van der Waals surface area contributed by atoms with Crippen molar-refractivity contribution in [1.29, 1.82) is 0 Å². The summed E-state index contributed by atoms with van der Waals surface area (Å²) in [6.07, 6.45) is 0.785. The second-order valence-electron chi connectivity index (χ2n) is 5.48. The van der Waals surface area contributed by atoms with Gasteiger partial charge in [0.2, 0.25) is 11.8 Å². The molecule has 0 aromatic rings. The highest BCUT2D eigenvalue weighted by Gasteiger charge is 2.09. The summed E-state index contributed by atoms with van der Waals surface area (Å²) in [6.45, 7) is 12.9. The van der Waals surface area contributed by atoms with Gasteiger partial charge in [0.15, 0.2) is 5.96 Å². The van der Waals surface area contributed by atoms with Crippen LogP contribution in [0.2, 0.25) is 0 Å². The van der Waals surface area contributed by atoms with Crippen molar-refractivity contribution in [2.75, 3.05) is 32.7 Å². The van der Waals surface area contributed by atoms with E-state index in [2.05, 4.69) is 20.9 Å². The molecule has 0 aliphatic carbocycles. The predicted octanol–water partition coefficient (Wildman–Crippen LogP) is 0.715. The molecule has 0 radical (unpaired) electrons.